The number of benzene rings is 2. The first-order valence-electron chi connectivity index (χ1n) is 11.4. The van der Waals surface area contributed by atoms with E-state index in [4.69, 9.17) is 0 Å². The maximum absolute atomic E-state index is 13.1. The SMILES string of the molecule is CC(=O)c1ccc2c(c1)C(=C(N[C@H]1CC[C@H](N(C)C)CC1)c1ccc(C(F)(F)F)cc1)C(=O)N2. The molecular weight excluding hydrogens is 443 g/mol. The predicted octanol–water partition coefficient (Wildman–Crippen LogP) is 5.19. The van der Waals surface area contributed by atoms with E-state index < -0.39 is 11.7 Å². The second kappa shape index (κ2) is 9.25. The molecule has 1 fully saturated rings. The minimum absolute atomic E-state index is 0.0776. The highest BCUT2D eigenvalue weighted by Crippen LogP contribution is 2.38. The van der Waals surface area contributed by atoms with Gasteiger partial charge in [-0.05, 0) is 82.6 Å². The standard InChI is InChI=1S/C26H28F3N3O2/c1-15(33)17-6-13-22-21(14-17)23(25(34)31-22)24(16-4-7-18(8-5-16)26(27,28)29)30-19-9-11-20(12-10-19)32(2)3/h4-8,13-14,19-20,30H,9-12H2,1-3H3,(H,31,34)/t19-,20-. The molecule has 1 aliphatic carbocycles. The van der Waals surface area contributed by atoms with E-state index >= 15 is 0 Å². The van der Waals surface area contributed by atoms with Crippen LogP contribution in [0.15, 0.2) is 42.5 Å². The van der Waals surface area contributed by atoms with Crippen molar-refractivity contribution >= 4 is 28.6 Å². The van der Waals surface area contributed by atoms with Crippen molar-refractivity contribution in [3.63, 3.8) is 0 Å². The summed E-state index contributed by atoms with van der Waals surface area (Å²) in [6.07, 6.45) is -0.725. The van der Waals surface area contributed by atoms with Gasteiger partial charge >= 0.3 is 6.18 Å². The van der Waals surface area contributed by atoms with Crippen molar-refractivity contribution < 1.29 is 22.8 Å². The number of nitrogens with zero attached hydrogens (tertiary/aromatic N) is 1. The lowest BCUT2D eigenvalue weighted by molar-refractivity contribution is -0.137. The zero-order valence-electron chi connectivity index (χ0n) is 19.4. The molecule has 34 heavy (non-hydrogen) atoms. The predicted molar refractivity (Wildman–Crippen MR) is 126 cm³/mol. The van der Waals surface area contributed by atoms with Crippen LogP contribution >= 0.6 is 0 Å². The summed E-state index contributed by atoms with van der Waals surface area (Å²) < 4.78 is 39.4. The summed E-state index contributed by atoms with van der Waals surface area (Å²) in [5.41, 5.74) is 2.18. The maximum atomic E-state index is 13.1. The Morgan fingerprint density at radius 1 is 1.00 bits per heavy atom. The Morgan fingerprint density at radius 2 is 1.62 bits per heavy atom. The van der Waals surface area contributed by atoms with E-state index in [0.717, 1.165) is 37.8 Å². The number of halogens is 3. The van der Waals surface area contributed by atoms with Crippen LogP contribution < -0.4 is 10.6 Å². The maximum Gasteiger partial charge on any atom is 0.416 e. The highest BCUT2D eigenvalue weighted by atomic mass is 19.4. The molecule has 1 aliphatic heterocycles. The highest BCUT2D eigenvalue weighted by molar-refractivity contribution is 6.36. The molecule has 1 heterocycles. The molecule has 0 bridgehead atoms. The molecule has 0 unspecified atom stereocenters. The van der Waals surface area contributed by atoms with E-state index in [1.165, 1.54) is 19.1 Å². The van der Waals surface area contributed by atoms with Gasteiger partial charge in [0.25, 0.3) is 5.91 Å². The summed E-state index contributed by atoms with van der Waals surface area (Å²) in [4.78, 5) is 27.2. The van der Waals surface area contributed by atoms with Crippen molar-refractivity contribution in [2.24, 2.45) is 0 Å². The van der Waals surface area contributed by atoms with Crippen molar-refractivity contribution in [3.8, 4) is 0 Å². The molecule has 0 atom stereocenters. The zero-order chi connectivity index (χ0) is 24.6. The summed E-state index contributed by atoms with van der Waals surface area (Å²) in [6, 6.07) is 10.4. The average molecular weight is 472 g/mol. The van der Waals surface area contributed by atoms with Crippen LogP contribution in [0.25, 0.3) is 11.3 Å². The third kappa shape index (κ3) is 4.87. The molecule has 2 aromatic carbocycles. The Kier molecular flexibility index (Phi) is 6.53. The van der Waals surface area contributed by atoms with Gasteiger partial charge in [-0.25, -0.2) is 0 Å². The lowest BCUT2D eigenvalue weighted by atomic mass is 9.89. The van der Waals surface area contributed by atoms with Crippen LogP contribution in [-0.2, 0) is 11.0 Å². The van der Waals surface area contributed by atoms with Crippen molar-refractivity contribution in [1.82, 2.24) is 10.2 Å². The van der Waals surface area contributed by atoms with Gasteiger partial charge in [0, 0.05) is 28.9 Å². The van der Waals surface area contributed by atoms with Crippen molar-refractivity contribution in [2.75, 3.05) is 19.4 Å². The lowest BCUT2D eigenvalue weighted by Crippen LogP contribution is -2.39. The van der Waals surface area contributed by atoms with Crippen LogP contribution in [0.4, 0.5) is 18.9 Å². The monoisotopic (exact) mass is 471 g/mol. The number of ketones is 1. The van der Waals surface area contributed by atoms with E-state index in [2.05, 4.69) is 29.6 Å². The highest BCUT2D eigenvalue weighted by Gasteiger charge is 2.33. The quantitative estimate of drug-likeness (QED) is 0.465. The van der Waals surface area contributed by atoms with Gasteiger partial charge in [0.05, 0.1) is 16.8 Å². The Morgan fingerprint density at radius 3 is 2.18 bits per heavy atom. The number of hydrogen-bond donors (Lipinski definition) is 2. The number of carbonyl (C=O) groups excluding carboxylic acids is 2. The summed E-state index contributed by atoms with van der Waals surface area (Å²) in [7, 11) is 4.11. The molecule has 8 heteroatoms. The van der Waals surface area contributed by atoms with Crippen LogP contribution in [0.3, 0.4) is 0 Å². The Bertz CT molecular complexity index is 1130. The molecule has 2 aromatic rings. The van der Waals surface area contributed by atoms with Crippen LogP contribution in [0.1, 0.15) is 59.7 Å². The first-order chi connectivity index (χ1) is 16.0. The fourth-order valence-electron chi connectivity index (χ4n) is 4.70. The van der Waals surface area contributed by atoms with E-state index in [9.17, 15) is 22.8 Å². The summed E-state index contributed by atoms with van der Waals surface area (Å²) >= 11 is 0. The molecule has 0 spiro atoms. The van der Waals surface area contributed by atoms with Gasteiger partial charge in [-0.2, -0.15) is 13.2 Å². The smallest absolute Gasteiger partial charge is 0.381 e. The fraction of sp³-hybridized carbons (Fsp3) is 0.385. The number of fused-ring (bicyclic) bond motifs is 1. The van der Waals surface area contributed by atoms with Gasteiger partial charge in [-0.1, -0.05) is 12.1 Å². The van der Waals surface area contributed by atoms with Crippen molar-refractivity contribution in [1.29, 1.82) is 0 Å². The molecule has 0 aromatic heterocycles. The first-order valence-corrected chi connectivity index (χ1v) is 11.4. The second-order valence-electron chi connectivity index (χ2n) is 9.21. The molecule has 1 amide bonds. The number of hydrogen-bond acceptors (Lipinski definition) is 4. The second-order valence-corrected chi connectivity index (χ2v) is 9.21. The summed E-state index contributed by atoms with van der Waals surface area (Å²) in [6.45, 7) is 1.45. The normalized spacial score (nSPS) is 21.8. The number of alkyl halides is 3. The molecule has 4 rings (SSSR count). The van der Waals surface area contributed by atoms with Crippen LogP contribution in [0.5, 0.6) is 0 Å². The Balaban J connectivity index is 1.77. The van der Waals surface area contributed by atoms with Crippen LogP contribution in [0, 0.1) is 0 Å². The van der Waals surface area contributed by atoms with Crippen molar-refractivity contribution in [3.05, 3.63) is 64.7 Å². The topological polar surface area (TPSA) is 61.4 Å². The Labute approximate surface area is 197 Å². The van der Waals surface area contributed by atoms with Gasteiger partial charge in [-0.3, -0.25) is 9.59 Å². The largest absolute Gasteiger partial charge is 0.416 e. The van der Waals surface area contributed by atoms with Gasteiger partial charge in [0.15, 0.2) is 5.78 Å². The lowest BCUT2D eigenvalue weighted by Gasteiger charge is -2.34. The zero-order valence-corrected chi connectivity index (χ0v) is 19.4. The van der Waals surface area contributed by atoms with Gasteiger partial charge in [-0.15, -0.1) is 0 Å². The van der Waals surface area contributed by atoms with Gasteiger partial charge in [0.1, 0.15) is 0 Å². The van der Waals surface area contributed by atoms with Gasteiger partial charge < -0.3 is 15.5 Å². The number of nitrogens with one attached hydrogen (secondary N) is 2. The number of carbonyl (C=O) groups is 2. The number of anilines is 1. The molecule has 2 N–H and O–H groups in total. The van der Waals surface area contributed by atoms with E-state index in [1.807, 2.05) is 0 Å². The number of amides is 1. The third-order valence-corrected chi connectivity index (χ3v) is 6.70. The molecule has 0 saturated heterocycles. The summed E-state index contributed by atoms with van der Waals surface area (Å²) in [5, 5.41) is 6.31. The van der Waals surface area contributed by atoms with Gasteiger partial charge in [0.2, 0.25) is 0 Å². The molecule has 180 valence electrons. The molecule has 1 saturated carbocycles. The Hall–Kier alpha value is -3.13. The van der Waals surface area contributed by atoms with E-state index in [0.29, 0.717) is 39.7 Å². The first kappa shape index (κ1) is 24.0. The van der Waals surface area contributed by atoms with Crippen LogP contribution in [-0.4, -0.2) is 42.8 Å². The molecule has 0 radical (unpaired) electrons. The number of Topliss-reactive ketones (excluding diaryl/α,β-unsaturated/α-hetero) is 1. The molecule has 2 aliphatic rings. The number of rotatable bonds is 5. The fourth-order valence-corrected chi connectivity index (χ4v) is 4.70. The third-order valence-electron chi connectivity index (χ3n) is 6.70. The van der Waals surface area contributed by atoms with Crippen molar-refractivity contribution in [2.45, 2.75) is 50.9 Å². The average Bonchev–Trinajstić information content (AvgIpc) is 3.12. The van der Waals surface area contributed by atoms with E-state index in [1.54, 1.807) is 18.2 Å². The molecular formula is C26H28F3N3O2. The summed E-state index contributed by atoms with van der Waals surface area (Å²) in [5.74, 6) is -0.479. The van der Waals surface area contributed by atoms with E-state index in [-0.39, 0.29) is 17.7 Å². The minimum atomic E-state index is -4.45. The van der Waals surface area contributed by atoms with Crippen LogP contribution in [0.2, 0.25) is 0 Å². The molecule has 5 nitrogen and oxygen atoms in total. The minimum Gasteiger partial charge on any atom is -0.381 e.